The number of sulfone groups is 1. The molecular weight excluding hydrogens is 642 g/mol. The molecule has 1 saturated carbocycles. The molecule has 4 aromatic rings. The van der Waals surface area contributed by atoms with Gasteiger partial charge in [-0.2, -0.15) is 0 Å². The fourth-order valence-electron chi connectivity index (χ4n) is 6.35. The van der Waals surface area contributed by atoms with Crippen LogP contribution >= 0.6 is 15.9 Å². The smallest absolute Gasteiger partial charge is 0.338 e. The van der Waals surface area contributed by atoms with Crippen molar-refractivity contribution in [3.63, 3.8) is 0 Å². The highest BCUT2D eigenvalue weighted by Gasteiger charge is 2.55. The van der Waals surface area contributed by atoms with Crippen LogP contribution in [0, 0.1) is 13.8 Å². The molecule has 4 aromatic carbocycles. The number of esters is 1. The number of amides is 1. The van der Waals surface area contributed by atoms with Crippen LogP contribution in [0.4, 0.5) is 0 Å². The largest absolute Gasteiger partial charge is 0.462 e. The predicted molar refractivity (Wildman–Crippen MR) is 173 cm³/mol. The summed E-state index contributed by atoms with van der Waals surface area (Å²) < 4.78 is 37.8. The van der Waals surface area contributed by atoms with Gasteiger partial charge in [-0.3, -0.25) is 4.79 Å². The summed E-state index contributed by atoms with van der Waals surface area (Å²) in [5, 5.41) is 5.12. The van der Waals surface area contributed by atoms with Gasteiger partial charge in [0.25, 0.3) is 5.91 Å². The van der Waals surface area contributed by atoms with E-state index in [0.717, 1.165) is 37.5 Å². The molecule has 0 aromatic heterocycles. The Hall–Kier alpha value is -3.53. The van der Waals surface area contributed by atoms with Crippen LogP contribution in [-0.4, -0.2) is 50.4 Å². The SMILES string of the molecule is Cc1ccc(S(=O)(=O)CCOC(=O)C23CCC(NC(=O)c4c(C)c(-c5ccccc5)cc5ccc(Br)cc45)(CC2)CO3)cc1. The lowest BCUT2D eigenvalue weighted by Crippen LogP contribution is -2.65. The number of carbonyl (C=O) groups is 2. The zero-order chi connectivity index (χ0) is 31.1. The highest BCUT2D eigenvalue weighted by molar-refractivity contribution is 9.10. The van der Waals surface area contributed by atoms with E-state index in [4.69, 9.17) is 9.47 Å². The second kappa shape index (κ2) is 11.8. The van der Waals surface area contributed by atoms with Crippen LogP contribution in [0.25, 0.3) is 21.9 Å². The lowest BCUT2D eigenvalue weighted by atomic mass is 9.71. The number of hydrogen-bond acceptors (Lipinski definition) is 6. The molecule has 1 amide bonds. The molecule has 0 unspecified atom stereocenters. The molecule has 0 radical (unpaired) electrons. The Labute approximate surface area is 266 Å². The van der Waals surface area contributed by atoms with Crippen molar-refractivity contribution in [2.24, 2.45) is 0 Å². The third kappa shape index (κ3) is 5.80. The van der Waals surface area contributed by atoms with Gasteiger partial charge in [0.1, 0.15) is 6.61 Å². The first-order valence-corrected chi connectivity index (χ1v) is 17.2. The van der Waals surface area contributed by atoms with Crippen LogP contribution in [0.3, 0.4) is 0 Å². The van der Waals surface area contributed by atoms with E-state index in [1.807, 2.05) is 62.4 Å². The molecule has 9 heteroatoms. The van der Waals surface area contributed by atoms with Gasteiger partial charge >= 0.3 is 5.97 Å². The molecule has 2 aliphatic heterocycles. The van der Waals surface area contributed by atoms with E-state index in [-0.39, 0.29) is 29.8 Å². The normalized spacial score (nSPS) is 21.2. The minimum atomic E-state index is -3.58. The lowest BCUT2D eigenvalue weighted by Gasteiger charge is -2.51. The standard InChI is InChI=1S/C35H34BrNO6S/c1-23-8-12-28(13-9-23)44(40,41)19-18-42-33(39)35-16-14-34(15-17-35,22-43-35)37-32(38)31-24(2)29(25-6-4-3-5-7-25)20-26-10-11-27(36)21-30(26)31/h3-13,20-21H,14-19,22H2,1-2H3,(H,37,38). The summed E-state index contributed by atoms with van der Waals surface area (Å²) in [6.45, 7) is 3.79. The maximum Gasteiger partial charge on any atom is 0.338 e. The topological polar surface area (TPSA) is 98.8 Å². The van der Waals surface area contributed by atoms with Gasteiger partial charge in [-0.25, -0.2) is 13.2 Å². The Kier molecular flexibility index (Phi) is 8.15. The Morgan fingerprint density at radius 1 is 0.932 bits per heavy atom. The molecule has 1 aliphatic carbocycles. The fourth-order valence-corrected chi connectivity index (χ4v) is 7.80. The first-order valence-electron chi connectivity index (χ1n) is 14.7. The van der Waals surface area contributed by atoms with Gasteiger partial charge in [-0.15, -0.1) is 0 Å². The molecule has 3 aliphatic rings. The zero-order valence-corrected chi connectivity index (χ0v) is 27.1. The summed E-state index contributed by atoms with van der Waals surface area (Å²) >= 11 is 3.57. The average molecular weight is 677 g/mol. The summed E-state index contributed by atoms with van der Waals surface area (Å²) in [7, 11) is -3.58. The van der Waals surface area contributed by atoms with Gasteiger partial charge < -0.3 is 14.8 Å². The van der Waals surface area contributed by atoms with Gasteiger partial charge in [0.2, 0.25) is 0 Å². The van der Waals surface area contributed by atoms with Crippen molar-refractivity contribution in [2.45, 2.75) is 55.6 Å². The van der Waals surface area contributed by atoms with Crippen LogP contribution in [0.2, 0.25) is 0 Å². The van der Waals surface area contributed by atoms with Gasteiger partial charge in [0.05, 0.1) is 28.4 Å². The Balaban J connectivity index is 1.15. The molecular formula is C35H34BrNO6S. The molecule has 7 rings (SSSR count). The predicted octanol–water partition coefficient (Wildman–Crippen LogP) is 6.71. The van der Waals surface area contributed by atoms with Crippen molar-refractivity contribution in [3.05, 3.63) is 100 Å². The van der Waals surface area contributed by atoms with E-state index in [1.165, 1.54) is 0 Å². The summed E-state index contributed by atoms with van der Waals surface area (Å²) in [5.74, 6) is -1.02. The molecule has 7 nitrogen and oxygen atoms in total. The second-order valence-electron chi connectivity index (χ2n) is 11.9. The maximum atomic E-state index is 14.1. The van der Waals surface area contributed by atoms with Crippen LogP contribution in [0.1, 0.15) is 47.2 Å². The van der Waals surface area contributed by atoms with Gasteiger partial charge in [-0.05, 0) is 97.3 Å². The molecule has 3 fully saturated rings. The number of nitrogens with one attached hydrogen (secondary N) is 1. The van der Waals surface area contributed by atoms with E-state index in [1.54, 1.807) is 24.3 Å². The minimum absolute atomic E-state index is 0.175. The third-order valence-corrected chi connectivity index (χ3v) is 11.2. The second-order valence-corrected chi connectivity index (χ2v) is 15.0. The van der Waals surface area contributed by atoms with Crippen molar-refractivity contribution in [2.75, 3.05) is 19.0 Å². The number of carbonyl (C=O) groups excluding carboxylic acids is 2. The van der Waals surface area contributed by atoms with Crippen molar-refractivity contribution in [1.82, 2.24) is 5.32 Å². The first kappa shape index (κ1) is 30.5. The molecule has 2 heterocycles. The number of fused-ring (bicyclic) bond motifs is 4. The Morgan fingerprint density at radius 3 is 2.30 bits per heavy atom. The summed E-state index contributed by atoms with van der Waals surface area (Å²) in [6, 6.07) is 24.7. The van der Waals surface area contributed by atoms with E-state index < -0.39 is 26.9 Å². The number of hydrogen-bond donors (Lipinski definition) is 1. The average Bonchev–Trinajstić information content (AvgIpc) is 3.02. The van der Waals surface area contributed by atoms with Crippen molar-refractivity contribution in [3.8, 4) is 11.1 Å². The van der Waals surface area contributed by atoms with Crippen molar-refractivity contribution in [1.29, 1.82) is 0 Å². The van der Waals surface area contributed by atoms with Crippen LogP contribution in [-0.2, 0) is 24.1 Å². The minimum Gasteiger partial charge on any atom is -0.462 e. The van der Waals surface area contributed by atoms with E-state index in [2.05, 4.69) is 27.3 Å². The molecule has 1 N–H and O–H groups in total. The van der Waals surface area contributed by atoms with Crippen molar-refractivity contribution < 1.29 is 27.5 Å². The highest BCUT2D eigenvalue weighted by Crippen LogP contribution is 2.45. The van der Waals surface area contributed by atoms with E-state index >= 15 is 0 Å². The molecule has 0 spiro atoms. The number of aryl methyl sites for hydroxylation is 1. The molecule has 44 heavy (non-hydrogen) atoms. The monoisotopic (exact) mass is 675 g/mol. The van der Waals surface area contributed by atoms with Gasteiger partial charge in [-0.1, -0.05) is 70.0 Å². The van der Waals surface area contributed by atoms with Gasteiger partial charge in [0, 0.05) is 4.47 Å². The van der Waals surface area contributed by atoms with E-state index in [0.29, 0.717) is 31.2 Å². The summed E-state index contributed by atoms with van der Waals surface area (Å²) in [4.78, 5) is 27.4. The highest BCUT2D eigenvalue weighted by atomic mass is 79.9. The van der Waals surface area contributed by atoms with Crippen LogP contribution in [0.15, 0.2) is 88.2 Å². The maximum absolute atomic E-state index is 14.1. The Bertz CT molecular complexity index is 1830. The molecule has 2 bridgehead atoms. The Morgan fingerprint density at radius 2 is 1.64 bits per heavy atom. The number of ether oxygens (including phenoxy) is 2. The first-order chi connectivity index (χ1) is 21.0. The lowest BCUT2D eigenvalue weighted by molar-refractivity contribution is -0.200. The van der Waals surface area contributed by atoms with E-state index in [9.17, 15) is 18.0 Å². The number of halogens is 1. The number of benzene rings is 4. The van der Waals surface area contributed by atoms with Crippen LogP contribution in [0.5, 0.6) is 0 Å². The molecule has 228 valence electrons. The number of rotatable bonds is 8. The van der Waals surface area contributed by atoms with Crippen LogP contribution < -0.4 is 5.32 Å². The molecule has 0 atom stereocenters. The fraction of sp³-hybridized carbons (Fsp3) is 0.314. The zero-order valence-electron chi connectivity index (χ0n) is 24.7. The molecule has 2 saturated heterocycles. The summed E-state index contributed by atoms with van der Waals surface area (Å²) in [5.41, 5.74) is 2.77. The van der Waals surface area contributed by atoms with Gasteiger partial charge in [0.15, 0.2) is 15.4 Å². The quantitative estimate of drug-likeness (QED) is 0.208. The summed E-state index contributed by atoms with van der Waals surface area (Å²) in [6.07, 6.45) is 1.86. The van der Waals surface area contributed by atoms with Crippen molar-refractivity contribution >= 4 is 48.4 Å². The third-order valence-electron chi connectivity index (χ3n) is 9.03.